The Labute approximate surface area is 153 Å². The van der Waals surface area contributed by atoms with E-state index in [2.05, 4.69) is 20.5 Å². The van der Waals surface area contributed by atoms with Crippen LogP contribution in [0.4, 0.5) is 5.82 Å². The molecular formula is C18H16N6OS. The lowest BCUT2D eigenvalue weighted by Gasteiger charge is -2.03. The smallest absolute Gasteiger partial charge is 0.247 e. The van der Waals surface area contributed by atoms with Gasteiger partial charge < -0.3 is 5.32 Å². The first-order chi connectivity index (χ1) is 12.8. The summed E-state index contributed by atoms with van der Waals surface area (Å²) in [6, 6.07) is 11.8. The third kappa shape index (κ3) is 3.86. The summed E-state index contributed by atoms with van der Waals surface area (Å²) in [4.78, 5) is 16.4. The number of carbonyl (C=O) groups is 1. The molecule has 0 saturated heterocycles. The Morgan fingerprint density at radius 3 is 2.85 bits per heavy atom. The molecule has 0 spiro atoms. The second-order valence-corrected chi connectivity index (χ2v) is 6.59. The number of anilines is 1. The normalized spacial score (nSPS) is 10.8. The first kappa shape index (κ1) is 16.2. The highest BCUT2D eigenvalue weighted by atomic mass is 32.1. The molecule has 0 saturated carbocycles. The van der Waals surface area contributed by atoms with Gasteiger partial charge in [-0.2, -0.15) is 10.2 Å². The highest BCUT2D eigenvalue weighted by Crippen LogP contribution is 2.20. The van der Waals surface area contributed by atoms with Gasteiger partial charge in [0.05, 0.1) is 12.7 Å². The molecule has 4 rings (SSSR count). The zero-order valence-corrected chi connectivity index (χ0v) is 14.6. The van der Waals surface area contributed by atoms with Crippen LogP contribution in [-0.2, 0) is 17.9 Å². The van der Waals surface area contributed by atoms with Crippen LogP contribution in [0.5, 0.6) is 0 Å². The van der Waals surface area contributed by atoms with Crippen molar-refractivity contribution in [1.82, 2.24) is 24.5 Å². The summed E-state index contributed by atoms with van der Waals surface area (Å²) in [6.07, 6.45) is 7.11. The first-order valence-electron chi connectivity index (χ1n) is 8.06. The van der Waals surface area contributed by atoms with Crippen molar-refractivity contribution in [3.05, 3.63) is 72.1 Å². The van der Waals surface area contributed by atoms with Gasteiger partial charge in [0.25, 0.3) is 0 Å². The lowest BCUT2D eigenvalue weighted by Crippen LogP contribution is -2.19. The van der Waals surface area contributed by atoms with Crippen LogP contribution >= 0.6 is 11.3 Å². The van der Waals surface area contributed by atoms with Crippen molar-refractivity contribution in [1.29, 1.82) is 0 Å². The summed E-state index contributed by atoms with van der Waals surface area (Å²) in [5.74, 6) is 0.349. The third-order valence-electron chi connectivity index (χ3n) is 3.71. The summed E-state index contributed by atoms with van der Waals surface area (Å²) in [5, 5.41) is 14.2. The molecule has 0 atom stereocenters. The number of amides is 1. The Morgan fingerprint density at radius 2 is 2.04 bits per heavy atom. The maximum Gasteiger partial charge on any atom is 0.247 e. The van der Waals surface area contributed by atoms with E-state index >= 15 is 0 Å². The average molecular weight is 364 g/mol. The zero-order chi connectivity index (χ0) is 17.8. The number of benzene rings is 1. The topological polar surface area (TPSA) is 77.6 Å². The van der Waals surface area contributed by atoms with Crippen LogP contribution in [0.25, 0.3) is 10.6 Å². The Bertz CT molecular complexity index is 990. The Kier molecular flexibility index (Phi) is 4.57. The summed E-state index contributed by atoms with van der Waals surface area (Å²) >= 11 is 1.54. The predicted molar refractivity (Wildman–Crippen MR) is 99.7 cm³/mol. The molecule has 0 aliphatic rings. The van der Waals surface area contributed by atoms with E-state index in [9.17, 15) is 4.79 Å². The van der Waals surface area contributed by atoms with Crippen LogP contribution < -0.4 is 5.32 Å². The van der Waals surface area contributed by atoms with Gasteiger partial charge in [-0.1, -0.05) is 30.3 Å². The summed E-state index contributed by atoms with van der Waals surface area (Å²) in [5.41, 5.74) is 2.06. The maximum atomic E-state index is 12.2. The highest BCUT2D eigenvalue weighted by Gasteiger charge is 2.09. The van der Waals surface area contributed by atoms with Crippen molar-refractivity contribution in [2.75, 3.05) is 5.32 Å². The SMILES string of the molecule is O=C(Cn1cc(-c2nccs2)cn1)Nc1ccn(Cc2ccccc2)n1. The molecule has 0 fully saturated rings. The van der Waals surface area contributed by atoms with Crippen molar-refractivity contribution >= 4 is 23.1 Å². The standard InChI is InChI=1S/C18H16N6OS/c25-17(13-24-12-15(10-20-24)18-19-7-9-26-18)21-16-6-8-23(22-16)11-14-4-2-1-3-5-14/h1-10,12H,11,13H2,(H,21,22,25). The van der Waals surface area contributed by atoms with Gasteiger partial charge in [-0.3, -0.25) is 14.2 Å². The van der Waals surface area contributed by atoms with Crippen LogP contribution in [0.1, 0.15) is 5.56 Å². The van der Waals surface area contributed by atoms with Crippen molar-refractivity contribution < 1.29 is 4.79 Å². The number of hydrogen-bond acceptors (Lipinski definition) is 5. The number of nitrogens with one attached hydrogen (secondary N) is 1. The largest absolute Gasteiger partial charge is 0.308 e. The lowest BCUT2D eigenvalue weighted by molar-refractivity contribution is -0.116. The minimum absolute atomic E-state index is 0.122. The van der Waals surface area contributed by atoms with Gasteiger partial charge in [0, 0.05) is 35.6 Å². The summed E-state index contributed by atoms with van der Waals surface area (Å²) in [7, 11) is 0. The Balaban J connectivity index is 1.35. The van der Waals surface area contributed by atoms with E-state index in [1.54, 1.807) is 27.8 Å². The minimum atomic E-state index is -0.177. The molecule has 7 nitrogen and oxygen atoms in total. The molecular weight excluding hydrogens is 348 g/mol. The molecule has 0 radical (unpaired) electrons. The molecule has 0 aliphatic heterocycles. The van der Waals surface area contributed by atoms with Gasteiger partial charge in [-0.15, -0.1) is 11.3 Å². The molecule has 0 aliphatic carbocycles. The average Bonchev–Trinajstić information content (AvgIpc) is 3.37. The molecule has 8 heteroatoms. The number of aromatic nitrogens is 5. The third-order valence-corrected chi connectivity index (χ3v) is 4.54. The van der Waals surface area contributed by atoms with E-state index in [1.165, 1.54) is 11.3 Å². The molecule has 3 aromatic heterocycles. The summed E-state index contributed by atoms with van der Waals surface area (Å²) in [6.45, 7) is 0.782. The van der Waals surface area contributed by atoms with Crippen LogP contribution in [0, 0.1) is 0 Å². The number of nitrogens with zero attached hydrogens (tertiary/aromatic N) is 5. The van der Waals surface area contributed by atoms with E-state index in [0.29, 0.717) is 12.4 Å². The van der Waals surface area contributed by atoms with Crippen LogP contribution in [0.2, 0.25) is 0 Å². The molecule has 1 aromatic carbocycles. The fourth-order valence-corrected chi connectivity index (χ4v) is 3.16. The van der Waals surface area contributed by atoms with E-state index in [0.717, 1.165) is 16.1 Å². The number of hydrogen-bond donors (Lipinski definition) is 1. The fourth-order valence-electron chi connectivity index (χ4n) is 2.54. The van der Waals surface area contributed by atoms with Crippen LogP contribution in [-0.4, -0.2) is 30.5 Å². The van der Waals surface area contributed by atoms with Crippen molar-refractivity contribution in [3.8, 4) is 10.6 Å². The molecule has 26 heavy (non-hydrogen) atoms. The molecule has 1 N–H and O–H groups in total. The molecule has 3 heterocycles. The summed E-state index contributed by atoms with van der Waals surface area (Å²) < 4.78 is 3.38. The second-order valence-electron chi connectivity index (χ2n) is 5.70. The maximum absolute atomic E-state index is 12.2. The van der Waals surface area contributed by atoms with Gasteiger partial charge >= 0.3 is 0 Å². The van der Waals surface area contributed by atoms with Gasteiger partial charge in [0.1, 0.15) is 11.6 Å². The Morgan fingerprint density at radius 1 is 1.15 bits per heavy atom. The van der Waals surface area contributed by atoms with Gasteiger partial charge in [0.15, 0.2) is 5.82 Å². The molecule has 130 valence electrons. The number of carbonyl (C=O) groups excluding carboxylic acids is 1. The van der Waals surface area contributed by atoms with Gasteiger partial charge in [-0.05, 0) is 5.56 Å². The molecule has 4 aromatic rings. The number of thiazole rings is 1. The van der Waals surface area contributed by atoms with E-state index in [-0.39, 0.29) is 12.5 Å². The van der Waals surface area contributed by atoms with Crippen molar-refractivity contribution in [3.63, 3.8) is 0 Å². The fraction of sp³-hybridized carbons (Fsp3) is 0.111. The van der Waals surface area contributed by atoms with Crippen molar-refractivity contribution in [2.45, 2.75) is 13.1 Å². The highest BCUT2D eigenvalue weighted by molar-refractivity contribution is 7.13. The van der Waals surface area contributed by atoms with Crippen molar-refractivity contribution in [2.24, 2.45) is 0 Å². The van der Waals surface area contributed by atoms with Crippen LogP contribution in [0.3, 0.4) is 0 Å². The van der Waals surface area contributed by atoms with Gasteiger partial charge in [0.2, 0.25) is 5.91 Å². The minimum Gasteiger partial charge on any atom is -0.308 e. The quantitative estimate of drug-likeness (QED) is 0.571. The second kappa shape index (κ2) is 7.32. The van der Waals surface area contributed by atoms with Gasteiger partial charge in [-0.25, -0.2) is 4.98 Å². The van der Waals surface area contributed by atoms with E-state index < -0.39 is 0 Å². The molecule has 0 unspecified atom stereocenters. The monoisotopic (exact) mass is 364 g/mol. The van der Waals surface area contributed by atoms with E-state index in [1.807, 2.05) is 48.1 Å². The molecule has 0 bridgehead atoms. The molecule has 1 amide bonds. The van der Waals surface area contributed by atoms with E-state index in [4.69, 9.17) is 0 Å². The number of rotatable bonds is 6. The Hall–Kier alpha value is -3.26. The first-order valence-corrected chi connectivity index (χ1v) is 8.94. The predicted octanol–water partition coefficient (Wildman–Crippen LogP) is 2.89. The van der Waals surface area contributed by atoms with Crippen LogP contribution in [0.15, 0.2) is 66.6 Å². The lowest BCUT2D eigenvalue weighted by atomic mass is 10.2. The zero-order valence-electron chi connectivity index (χ0n) is 13.8.